The second-order valence-corrected chi connectivity index (χ2v) is 13.2. The molecule has 0 radical (unpaired) electrons. The van der Waals surface area contributed by atoms with E-state index < -0.39 is 8.32 Å². The van der Waals surface area contributed by atoms with Crippen LogP contribution in [0.3, 0.4) is 0 Å². The van der Waals surface area contributed by atoms with Crippen molar-refractivity contribution in [1.82, 2.24) is 4.98 Å². The van der Waals surface area contributed by atoms with Crippen LogP contribution in [0.1, 0.15) is 64.8 Å². The van der Waals surface area contributed by atoms with Gasteiger partial charge >= 0.3 is 0 Å². The lowest BCUT2D eigenvalue weighted by Gasteiger charge is -2.36. The lowest BCUT2D eigenvalue weighted by molar-refractivity contribution is 0.272. The van der Waals surface area contributed by atoms with Gasteiger partial charge in [0, 0.05) is 0 Å². The third-order valence-corrected chi connectivity index (χ3v) is 10.1. The van der Waals surface area contributed by atoms with Gasteiger partial charge in [-0.2, -0.15) is 0 Å². The van der Waals surface area contributed by atoms with E-state index in [0.29, 0.717) is 6.61 Å². The van der Waals surface area contributed by atoms with Crippen molar-refractivity contribution in [1.29, 1.82) is 0 Å². The molecule has 0 saturated carbocycles. The summed E-state index contributed by atoms with van der Waals surface area (Å²) >= 11 is 0. The number of allylic oxidation sites excluding steroid dienone is 2. The molecule has 1 aromatic rings. The zero-order valence-electron chi connectivity index (χ0n) is 15.8. The Kier molecular flexibility index (Phi) is 5.85. The van der Waals surface area contributed by atoms with Crippen molar-refractivity contribution < 1.29 is 4.43 Å². The third-order valence-electron chi connectivity index (χ3n) is 5.62. The molecule has 2 nitrogen and oxygen atoms in total. The molecule has 23 heavy (non-hydrogen) atoms. The topological polar surface area (TPSA) is 22.1 Å². The van der Waals surface area contributed by atoms with Crippen molar-refractivity contribution >= 4 is 13.9 Å². The molecule has 0 aromatic carbocycles. The minimum Gasteiger partial charge on any atom is -0.411 e. The van der Waals surface area contributed by atoms with E-state index in [9.17, 15) is 0 Å². The van der Waals surface area contributed by atoms with Crippen LogP contribution in [0.5, 0.6) is 0 Å². The number of rotatable bonds is 5. The Bertz CT molecular complexity index is 557. The van der Waals surface area contributed by atoms with Crippen LogP contribution in [0.2, 0.25) is 18.1 Å². The summed E-state index contributed by atoms with van der Waals surface area (Å²) in [7, 11) is -1.71. The van der Waals surface area contributed by atoms with E-state index in [1.807, 2.05) is 0 Å². The monoisotopic (exact) mass is 331 g/mol. The first-order chi connectivity index (χ1) is 10.7. The minimum absolute atomic E-state index is 0.242. The number of pyridine rings is 1. The van der Waals surface area contributed by atoms with Crippen molar-refractivity contribution in [3.05, 3.63) is 35.7 Å². The highest BCUT2D eigenvalue weighted by molar-refractivity contribution is 6.74. The first kappa shape index (κ1) is 18.4. The van der Waals surface area contributed by atoms with E-state index in [4.69, 9.17) is 9.41 Å². The molecule has 0 fully saturated rings. The van der Waals surface area contributed by atoms with Crippen LogP contribution < -0.4 is 0 Å². The average molecular weight is 332 g/mol. The normalized spacial score (nSPS) is 19.6. The van der Waals surface area contributed by atoms with Crippen LogP contribution in [0.4, 0.5) is 0 Å². The highest BCUT2D eigenvalue weighted by Crippen LogP contribution is 2.37. The van der Waals surface area contributed by atoms with E-state index in [2.05, 4.69) is 65.1 Å². The van der Waals surface area contributed by atoms with Crippen LogP contribution in [-0.2, 0) is 11.0 Å². The molecule has 128 valence electrons. The van der Waals surface area contributed by atoms with Crippen LogP contribution in [0.15, 0.2) is 24.3 Å². The summed E-state index contributed by atoms with van der Waals surface area (Å²) in [6.45, 7) is 14.4. The van der Waals surface area contributed by atoms with Crippen molar-refractivity contribution in [3.63, 3.8) is 0 Å². The maximum atomic E-state index is 6.31. The molecular weight excluding hydrogens is 298 g/mol. The van der Waals surface area contributed by atoms with Gasteiger partial charge in [0.2, 0.25) is 0 Å². The zero-order chi connectivity index (χ0) is 17.1. The van der Waals surface area contributed by atoms with Crippen LogP contribution in [-0.4, -0.2) is 13.3 Å². The minimum atomic E-state index is -1.71. The highest BCUT2D eigenvalue weighted by Gasteiger charge is 2.37. The summed E-state index contributed by atoms with van der Waals surface area (Å²) in [6, 6.07) is 6.36. The molecule has 0 spiro atoms. The Hall–Kier alpha value is -0.933. The Labute approximate surface area is 143 Å². The van der Waals surface area contributed by atoms with Gasteiger partial charge in [-0.1, -0.05) is 46.3 Å². The predicted octanol–water partition coefficient (Wildman–Crippen LogP) is 6.20. The SMILES string of the molecule is CCC1CC=C(c2cccc(CO[Si](C)(C)C(C)(C)C)n2)CC1. The van der Waals surface area contributed by atoms with Crippen molar-refractivity contribution in [3.8, 4) is 0 Å². The molecule has 1 aromatic heterocycles. The third kappa shape index (κ3) is 4.77. The molecule has 1 aliphatic carbocycles. The fourth-order valence-electron chi connectivity index (χ4n) is 2.70. The van der Waals surface area contributed by atoms with Crippen molar-refractivity contribution in [2.24, 2.45) is 5.92 Å². The van der Waals surface area contributed by atoms with Crippen molar-refractivity contribution in [2.75, 3.05) is 0 Å². The molecular formula is C20H33NOSi. The maximum absolute atomic E-state index is 6.31. The van der Waals surface area contributed by atoms with Crippen LogP contribution >= 0.6 is 0 Å². The smallest absolute Gasteiger partial charge is 0.192 e. The van der Waals surface area contributed by atoms with Gasteiger partial charge < -0.3 is 4.43 Å². The van der Waals surface area contributed by atoms with Crippen LogP contribution in [0.25, 0.3) is 5.57 Å². The number of hydrogen-bond acceptors (Lipinski definition) is 2. The largest absolute Gasteiger partial charge is 0.411 e. The number of hydrogen-bond donors (Lipinski definition) is 0. The van der Waals surface area contributed by atoms with Gasteiger partial charge in [0.1, 0.15) is 0 Å². The molecule has 0 N–H and O–H groups in total. The van der Waals surface area contributed by atoms with Crippen LogP contribution in [0, 0.1) is 5.92 Å². The van der Waals surface area contributed by atoms with E-state index in [1.165, 1.54) is 24.8 Å². The summed E-state index contributed by atoms with van der Waals surface area (Å²) < 4.78 is 6.31. The molecule has 1 heterocycles. The molecule has 0 bridgehead atoms. The van der Waals surface area contributed by atoms with Gasteiger partial charge in [-0.15, -0.1) is 0 Å². The fourth-order valence-corrected chi connectivity index (χ4v) is 3.64. The second-order valence-electron chi connectivity index (χ2n) is 8.34. The van der Waals surface area contributed by atoms with E-state index >= 15 is 0 Å². The predicted molar refractivity (Wildman–Crippen MR) is 102 cm³/mol. The first-order valence-electron chi connectivity index (χ1n) is 9.02. The Balaban J connectivity index is 2.05. The van der Waals surface area contributed by atoms with E-state index in [0.717, 1.165) is 23.7 Å². The standard InChI is InChI=1S/C20H33NOSi/c1-7-16-11-13-17(14-12-16)19-10-8-9-18(21-19)15-22-23(5,6)20(2,3)4/h8-10,13,16H,7,11-12,14-15H2,1-6H3. The Morgan fingerprint density at radius 2 is 2.00 bits per heavy atom. The maximum Gasteiger partial charge on any atom is 0.192 e. The lowest BCUT2D eigenvalue weighted by Crippen LogP contribution is -2.40. The van der Waals surface area contributed by atoms with Gasteiger partial charge in [-0.25, -0.2) is 0 Å². The summed E-state index contributed by atoms with van der Waals surface area (Å²) in [5.41, 5.74) is 3.63. The van der Waals surface area contributed by atoms with Gasteiger partial charge in [0.15, 0.2) is 8.32 Å². The van der Waals surface area contributed by atoms with Gasteiger partial charge in [-0.3, -0.25) is 4.98 Å². The molecule has 1 atom stereocenters. The zero-order valence-corrected chi connectivity index (χ0v) is 16.8. The van der Waals surface area contributed by atoms with Gasteiger partial charge in [-0.05, 0) is 61.0 Å². The number of nitrogens with zero attached hydrogens (tertiary/aromatic N) is 1. The molecule has 2 rings (SSSR count). The Morgan fingerprint density at radius 1 is 1.26 bits per heavy atom. The highest BCUT2D eigenvalue weighted by atomic mass is 28.4. The summed E-state index contributed by atoms with van der Waals surface area (Å²) in [4.78, 5) is 4.86. The Morgan fingerprint density at radius 3 is 2.57 bits per heavy atom. The summed E-state index contributed by atoms with van der Waals surface area (Å²) in [5.74, 6) is 0.865. The summed E-state index contributed by atoms with van der Waals surface area (Å²) in [5, 5.41) is 0.242. The average Bonchev–Trinajstić information content (AvgIpc) is 2.52. The molecule has 1 unspecified atom stereocenters. The summed E-state index contributed by atoms with van der Waals surface area (Å²) in [6.07, 6.45) is 7.36. The molecule has 0 aliphatic heterocycles. The molecule has 0 saturated heterocycles. The van der Waals surface area contributed by atoms with Gasteiger partial charge in [0.25, 0.3) is 0 Å². The lowest BCUT2D eigenvalue weighted by atomic mass is 9.87. The fraction of sp³-hybridized carbons (Fsp3) is 0.650. The molecule has 0 amide bonds. The van der Waals surface area contributed by atoms with Crippen molar-refractivity contribution in [2.45, 2.75) is 78.1 Å². The molecule has 3 heteroatoms. The number of aromatic nitrogens is 1. The van der Waals surface area contributed by atoms with E-state index in [-0.39, 0.29) is 5.04 Å². The molecule has 1 aliphatic rings. The van der Waals surface area contributed by atoms with E-state index in [1.54, 1.807) is 0 Å². The second kappa shape index (κ2) is 7.31. The first-order valence-corrected chi connectivity index (χ1v) is 11.9. The van der Waals surface area contributed by atoms with Gasteiger partial charge in [0.05, 0.1) is 18.0 Å². The quantitative estimate of drug-likeness (QED) is 0.599.